The normalized spacial score (nSPS) is 20.0. The Kier molecular flexibility index (Phi) is 17.4. The van der Waals surface area contributed by atoms with Crippen LogP contribution in [0.3, 0.4) is 0 Å². The van der Waals surface area contributed by atoms with Crippen LogP contribution >= 0.6 is 22.9 Å². The maximum Gasteiger partial charge on any atom is 0.319 e. The fourth-order valence-electron chi connectivity index (χ4n) is 11.7. The molecule has 436 valence electrons. The summed E-state index contributed by atoms with van der Waals surface area (Å²) in [5.74, 6) is -1.78. The number of aryl methyl sites for hydroxylation is 1. The molecule has 4 amide bonds. The molecule has 0 bridgehead atoms. The summed E-state index contributed by atoms with van der Waals surface area (Å²) in [5, 5.41) is 39.1. The number of hydrogen-bond acceptors (Lipinski definition) is 15. The number of halogens is 2. The monoisotopic (exact) mass is 1170 g/mol. The summed E-state index contributed by atoms with van der Waals surface area (Å²) >= 11 is 8.54. The van der Waals surface area contributed by atoms with Crippen LogP contribution < -0.4 is 20.3 Å². The van der Waals surface area contributed by atoms with Gasteiger partial charge in [-0.3, -0.25) is 24.1 Å². The van der Waals surface area contributed by atoms with Crippen molar-refractivity contribution < 1.29 is 43.3 Å². The van der Waals surface area contributed by atoms with Gasteiger partial charge in [0.2, 0.25) is 17.7 Å². The molecule has 18 nitrogen and oxygen atoms in total. The summed E-state index contributed by atoms with van der Waals surface area (Å²) < 4.78 is 30.0. The van der Waals surface area contributed by atoms with Gasteiger partial charge >= 0.3 is 6.01 Å². The van der Waals surface area contributed by atoms with Crippen LogP contribution in [-0.2, 0) is 23.9 Å². The van der Waals surface area contributed by atoms with Gasteiger partial charge in [0, 0.05) is 50.1 Å². The number of benzene rings is 4. The molecule has 83 heavy (non-hydrogen) atoms. The van der Waals surface area contributed by atoms with E-state index in [9.17, 15) is 34.7 Å². The highest BCUT2D eigenvalue weighted by Gasteiger charge is 2.54. The van der Waals surface area contributed by atoms with Gasteiger partial charge in [-0.15, -0.1) is 11.3 Å². The number of nitrogens with one attached hydrogen (secondary N) is 2. The molecule has 4 fully saturated rings. The smallest absolute Gasteiger partial charge is 0.319 e. The van der Waals surface area contributed by atoms with Gasteiger partial charge < -0.3 is 45.0 Å². The number of nitrogens with zero attached hydrogens (tertiary/aromatic N) is 8. The Labute approximate surface area is 491 Å². The second kappa shape index (κ2) is 24.5. The van der Waals surface area contributed by atoms with Crippen molar-refractivity contribution in [1.29, 1.82) is 5.26 Å². The molecule has 1 saturated carbocycles. The third kappa shape index (κ3) is 12.7. The number of thiazole rings is 1. The van der Waals surface area contributed by atoms with Crippen molar-refractivity contribution in [3.63, 3.8) is 0 Å². The number of aromatic nitrogens is 3. The summed E-state index contributed by atoms with van der Waals surface area (Å²) in [5.41, 5.74) is 3.26. The number of hydrogen-bond donors (Lipinski definition) is 4. The third-order valence-corrected chi connectivity index (χ3v) is 17.9. The number of aromatic hydroxyl groups is 1. The van der Waals surface area contributed by atoms with Gasteiger partial charge in [-0.1, -0.05) is 87.5 Å². The number of ether oxygens (including phenoxy) is 2. The Morgan fingerprint density at radius 1 is 1.00 bits per heavy atom. The number of nitriles is 1. The number of carbonyl (C=O) groups is 4. The fraction of sp³-hybridized carbons (Fsp3) is 0.452. The van der Waals surface area contributed by atoms with Crippen LogP contribution in [-0.4, -0.2) is 152 Å². The maximum atomic E-state index is 17.3. The van der Waals surface area contributed by atoms with Gasteiger partial charge in [-0.25, -0.2) is 9.37 Å². The number of anilines is 1. The largest absolute Gasteiger partial charge is 0.508 e. The van der Waals surface area contributed by atoms with Gasteiger partial charge in [0.15, 0.2) is 5.82 Å². The number of phenols is 1. The van der Waals surface area contributed by atoms with Crippen molar-refractivity contribution in [2.75, 3.05) is 63.9 Å². The zero-order chi connectivity index (χ0) is 58.9. The summed E-state index contributed by atoms with van der Waals surface area (Å²) in [7, 11) is 0. The number of rotatable bonds is 18. The molecule has 3 aliphatic heterocycles. The van der Waals surface area contributed by atoms with Crippen LogP contribution in [0.25, 0.3) is 43.2 Å². The molecule has 5 heterocycles. The first-order valence-corrected chi connectivity index (χ1v) is 29.6. The second-order valence-electron chi connectivity index (χ2n) is 23.4. The Morgan fingerprint density at radius 3 is 2.43 bits per heavy atom. The van der Waals surface area contributed by atoms with Crippen LogP contribution in [0.15, 0.2) is 84.9 Å². The van der Waals surface area contributed by atoms with Crippen molar-refractivity contribution >= 4 is 74.1 Å². The number of aliphatic hydroxyl groups is 1. The van der Waals surface area contributed by atoms with E-state index in [4.69, 9.17) is 26.1 Å². The molecule has 0 radical (unpaired) electrons. The molecule has 1 aliphatic carbocycles. The molecule has 4 aliphatic rings. The Hall–Kier alpha value is -7.28. The quantitative estimate of drug-likeness (QED) is 0.0592. The minimum Gasteiger partial charge on any atom is -0.508 e. The summed E-state index contributed by atoms with van der Waals surface area (Å²) in [6, 6.07) is 19.2. The van der Waals surface area contributed by atoms with Crippen LogP contribution in [0.2, 0.25) is 5.02 Å². The van der Waals surface area contributed by atoms with Crippen LogP contribution in [0, 0.1) is 35.4 Å². The van der Waals surface area contributed by atoms with Gasteiger partial charge in [0.25, 0.3) is 5.91 Å². The standard InChI is InChI=1S/C62H70ClFN10O8S/c1-7-50(77)73-25-24-72(32-42(73)16-21-65)56-47-31-48(63)51(46-29-43(75)28-41-10-8-9-11-45(41)46)52(64)53(47)68-60(70-56)81-27-26-71-22-17-38(18-23-71)34-82-62(19-20-62)59(80)69-55(61(4,5)6)58(79)74-33-44(76)30-49(74)57(78)67-36(2)39-12-14-40(15-13-39)54-37(3)66-35-83-54/h7-15,28-29,31,35-36,38,42,44,49,55,75-76H,1,16-20,22-27,30,32-34H2,2-6H3,(H,67,78)(H,69,80)/t36-,42-,44+,49-,55+/m0/s1. The first-order chi connectivity index (χ1) is 39.7. The molecule has 0 unspecified atom stereocenters. The highest BCUT2D eigenvalue weighted by Crippen LogP contribution is 2.44. The number of piperidine rings is 1. The van der Waals surface area contributed by atoms with Crippen LogP contribution in [0.4, 0.5) is 10.2 Å². The number of amides is 4. The number of β-amino-alcohol motifs (C(OH)–C–C–N with tert-alkyl or cyclic N) is 1. The molecule has 2 aromatic heterocycles. The highest BCUT2D eigenvalue weighted by atomic mass is 35.5. The average molecular weight is 1170 g/mol. The van der Waals surface area contributed by atoms with Crippen molar-refractivity contribution in [3.05, 3.63) is 107 Å². The van der Waals surface area contributed by atoms with E-state index in [0.29, 0.717) is 60.1 Å². The van der Waals surface area contributed by atoms with Gasteiger partial charge in [0.05, 0.1) is 58.4 Å². The highest BCUT2D eigenvalue weighted by molar-refractivity contribution is 7.13. The van der Waals surface area contributed by atoms with E-state index in [1.165, 1.54) is 17.0 Å². The fourth-order valence-corrected chi connectivity index (χ4v) is 12.8. The van der Waals surface area contributed by atoms with Crippen LogP contribution in [0.5, 0.6) is 11.8 Å². The summed E-state index contributed by atoms with van der Waals surface area (Å²) in [4.78, 5) is 77.4. The molecular weight excluding hydrogens is 1100 g/mol. The SMILES string of the molecule is C=CC(=O)N1CCN(c2nc(OCCN3CCC(COC4(C(=O)N[C@H](C(=O)N5C[C@H](O)C[C@H]5C(=O)N[C@@H](C)c5ccc(-c6scnc6C)cc5)C(C)(C)C)CC4)CC3)nc3c(F)c(-c4cc(O)cc5ccccc45)c(Cl)cc23)C[C@@H]1CC#N. The number of carbonyl (C=O) groups excluding carboxylic acids is 4. The van der Waals surface area contributed by atoms with E-state index in [1.54, 1.807) is 28.4 Å². The summed E-state index contributed by atoms with van der Waals surface area (Å²) in [6.45, 7) is 16.3. The number of phenolic OH excluding ortho intramolecular Hbond substituents is 1. The Bertz CT molecular complexity index is 3490. The predicted molar refractivity (Wildman–Crippen MR) is 316 cm³/mol. The zero-order valence-corrected chi connectivity index (χ0v) is 48.9. The molecule has 10 rings (SSSR count). The van der Waals surface area contributed by atoms with Crippen molar-refractivity contribution in [2.24, 2.45) is 11.3 Å². The number of aliphatic hydroxyl groups excluding tert-OH is 1. The molecule has 4 aromatic carbocycles. The Morgan fingerprint density at radius 2 is 1.75 bits per heavy atom. The lowest BCUT2D eigenvalue weighted by molar-refractivity contribution is -0.147. The zero-order valence-electron chi connectivity index (χ0n) is 47.4. The Balaban J connectivity index is 0.760. The van der Waals surface area contributed by atoms with E-state index in [-0.39, 0.29) is 96.6 Å². The number of likely N-dealkylation sites (tertiary alicyclic amines) is 2. The van der Waals surface area contributed by atoms with Crippen molar-refractivity contribution in [3.8, 4) is 39.4 Å². The van der Waals surface area contributed by atoms with E-state index >= 15 is 4.39 Å². The minimum absolute atomic E-state index is 0.0385. The molecule has 3 saturated heterocycles. The van der Waals surface area contributed by atoms with Crippen molar-refractivity contribution in [2.45, 2.75) is 109 Å². The molecule has 6 aromatic rings. The molecule has 21 heteroatoms. The predicted octanol–water partition coefficient (Wildman–Crippen LogP) is 8.51. The molecular formula is C62H70ClFN10O8S. The third-order valence-electron chi connectivity index (χ3n) is 16.6. The first kappa shape index (κ1) is 58.9. The second-order valence-corrected chi connectivity index (χ2v) is 24.7. The van der Waals surface area contributed by atoms with Crippen LogP contribution in [0.1, 0.15) is 83.5 Å². The number of piperazine rings is 1. The lowest BCUT2D eigenvalue weighted by Gasteiger charge is -2.41. The lowest BCUT2D eigenvalue weighted by Crippen LogP contribution is -2.59. The average Bonchev–Trinajstić information content (AvgIpc) is 3.90. The number of fused-ring (bicyclic) bond motifs is 2. The molecule has 0 spiro atoms. The van der Waals surface area contributed by atoms with Gasteiger partial charge in [-0.05, 0) is 116 Å². The molecule has 5 atom stereocenters. The van der Waals surface area contributed by atoms with E-state index in [2.05, 4.69) is 38.1 Å². The topological polar surface area (TPSA) is 227 Å². The van der Waals surface area contributed by atoms with E-state index < -0.39 is 47.0 Å². The summed E-state index contributed by atoms with van der Waals surface area (Å²) in [6.07, 6.45) is 3.03. The van der Waals surface area contributed by atoms with Gasteiger partial charge in [-0.2, -0.15) is 15.2 Å². The first-order valence-electron chi connectivity index (χ1n) is 28.3. The maximum absolute atomic E-state index is 17.3. The van der Waals surface area contributed by atoms with Crippen molar-refractivity contribution in [1.82, 2.24) is 40.3 Å². The lowest BCUT2D eigenvalue weighted by atomic mass is 9.85. The van der Waals surface area contributed by atoms with Gasteiger partial charge in [0.1, 0.15) is 41.4 Å². The minimum atomic E-state index is -1.08. The van der Waals surface area contributed by atoms with E-state index in [0.717, 1.165) is 47.6 Å². The molecule has 4 N–H and O–H groups in total. The van der Waals surface area contributed by atoms with E-state index in [1.807, 2.05) is 93.6 Å².